The summed E-state index contributed by atoms with van der Waals surface area (Å²) in [7, 11) is 0. The Hall–Kier alpha value is -0.610. The number of hydrogen-bond donors (Lipinski definition) is 3. The molecule has 0 aliphatic heterocycles. The van der Waals surface area contributed by atoms with Crippen molar-refractivity contribution in [1.82, 2.24) is 10.6 Å². The van der Waals surface area contributed by atoms with Crippen molar-refractivity contribution in [3.05, 3.63) is 0 Å². The molecule has 0 aromatic heterocycles. The number of carboxylic acid groups (broad SMARTS) is 1. The van der Waals surface area contributed by atoms with Gasteiger partial charge in [0, 0.05) is 12.5 Å². The van der Waals surface area contributed by atoms with Gasteiger partial charge in [-0.2, -0.15) is 0 Å². The topological polar surface area (TPSA) is 61.4 Å². The Morgan fingerprint density at radius 2 is 1.61 bits per heavy atom. The van der Waals surface area contributed by atoms with E-state index in [1.165, 1.54) is 109 Å². The molecule has 4 saturated carbocycles. The summed E-state index contributed by atoms with van der Waals surface area (Å²) in [5.74, 6) is 4.29. The van der Waals surface area contributed by atoms with Gasteiger partial charge >= 0.3 is 5.97 Å². The normalized spacial score (nSPS) is 39.3. The molecule has 0 saturated heterocycles. The lowest BCUT2D eigenvalue weighted by Gasteiger charge is -2.61. The van der Waals surface area contributed by atoms with E-state index in [0.29, 0.717) is 23.2 Å². The molecule has 0 bridgehead atoms. The Morgan fingerprint density at radius 3 is 2.39 bits per heavy atom. The van der Waals surface area contributed by atoms with Crippen LogP contribution in [0.5, 0.6) is 0 Å². The standard InChI is InChI=1S/C34H62N2O2/c1-5-6-7-8-9-21-35-22-10-23-36-27-17-19-33(3)26(24-27)12-13-28-30-15-14-29(25(2)11-16-32(37)38)34(30,4)20-18-31(28)33/h25-31,35-36H,5-24H2,1-4H3,(H,37,38)/t25-,26+,27+,28?,29-,30?,31?,33+,34-/m1/s1. The van der Waals surface area contributed by atoms with Crippen LogP contribution >= 0.6 is 0 Å². The fourth-order valence-corrected chi connectivity index (χ4v) is 10.5. The molecule has 9 atom stereocenters. The second kappa shape index (κ2) is 13.8. The maximum atomic E-state index is 11.2. The number of carboxylic acids is 1. The van der Waals surface area contributed by atoms with Gasteiger partial charge in [-0.05, 0) is 143 Å². The minimum Gasteiger partial charge on any atom is -0.481 e. The summed E-state index contributed by atoms with van der Waals surface area (Å²) < 4.78 is 0. The fourth-order valence-electron chi connectivity index (χ4n) is 10.5. The Balaban J connectivity index is 1.21. The molecule has 220 valence electrons. The van der Waals surface area contributed by atoms with Gasteiger partial charge in [-0.25, -0.2) is 0 Å². The van der Waals surface area contributed by atoms with Gasteiger partial charge in [-0.3, -0.25) is 4.79 Å². The summed E-state index contributed by atoms with van der Waals surface area (Å²) in [6, 6.07) is 0.735. The molecule has 0 aromatic rings. The van der Waals surface area contributed by atoms with Gasteiger partial charge < -0.3 is 15.7 Å². The van der Waals surface area contributed by atoms with Crippen molar-refractivity contribution in [1.29, 1.82) is 0 Å². The Bertz CT molecular complexity index is 742. The SMILES string of the molecule is CCCCCCCNCCCN[C@H]1CC[C@]2(C)C3CC[C@@]4(C)C(CC[C@@H]4[C@H](C)CCC(=O)O)C3CC[C@H]2C1. The van der Waals surface area contributed by atoms with Gasteiger partial charge in [-0.15, -0.1) is 0 Å². The number of hydrogen-bond acceptors (Lipinski definition) is 3. The highest BCUT2D eigenvalue weighted by molar-refractivity contribution is 5.66. The number of aliphatic carboxylic acids is 1. The van der Waals surface area contributed by atoms with E-state index < -0.39 is 5.97 Å². The highest BCUT2D eigenvalue weighted by Gasteiger charge is 2.60. The third-order valence-electron chi connectivity index (χ3n) is 12.7. The van der Waals surface area contributed by atoms with E-state index in [0.717, 1.165) is 48.6 Å². The maximum absolute atomic E-state index is 11.2. The first-order valence-electron chi connectivity index (χ1n) is 17.0. The van der Waals surface area contributed by atoms with Crippen LogP contribution in [0, 0.1) is 46.3 Å². The van der Waals surface area contributed by atoms with Crippen molar-refractivity contribution < 1.29 is 9.90 Å². The van der Waals surface area contributed by atoms with Crippen LogP contribution in [0.4, 0.5) is 0 Å². The van der Waals surface area contributed by atoms with Crippen molar-refractivity contribution in [3.63, 3.8) is 0 Å². The van der Waals surface area contributed by atoms with Crippen LogP contribution in [0.2, 0.25) is 0 Å². The number of fused-ring (bicyclic) bond motifs is 5. The Morgan fingerprint density at radius 1 is 0.868 bits per heavy atom. The van der Waals surface area contributed by atoms with Crippen molar-refractivity contribution in [3.8, 4) is 0 Å². The molecule has 0 heterocycles. The first-order chi connectivity index (χ1) is 18.3. The number of rotatable bonds is 15. The Labute approximate surface area is 235 Å². The van der Waals surface area contributed by atoms with Crippen LogP contribution < -0.4 is 10.6 Å². The third kappa shape index (κ3) is 6.81. The molecular weight excluding hydrogens is 468 g/mol. The summed E-state index contributed by atoms with van der Waals surface area (Å²) >= 11 is 0. The van der Waals surface area contributed by atoms with E-state index >= 15 is 0 Å². The molecule has 4 aliphatic rings. The smallest absolute Gasteiger partial charge is 0.303 e. The summed E-state index contributed by atoms with van der Waals surface area (Å²) in [5, 5.41) is 16.8. The zero-order valence-corrected chi connectivity index (χ0v) is 25.5. The molecule has 4 aliphatic carbocycles. The molecule has 3 N–H and O–H groups in total. The molecule has 4 heteroatoms. The summed E-state index contributed by atoms with van der Waals surface area (Å²) in [6.07, 6.45) is 22.0. The number of unbranched alkanes of at least 4 members (excludes halogenated alkanes) is 4. The predicted molar refractivity (Wildman–Crippen MR) is 159 cm³/mol. The fraction of sp³-hybridized carbons (Fsp3) is 0.971. The van der Waals surface area contributed by atoms with E-state index in [-0.39, 0.29) is 0 Å². The van der Waals surface area contributed by atoms with E-state index in [4.69, 9.17) is 0 Å². The molecule has 4 rings (SSSR count). The molecule has 0 spiro atoms. The second-order valence-electron chi connectivity index (χ2n) is 14.7. The molecule has 38 heavy (non-hydrogen) atoms. The molecule has 0 aromatic carbocycles. The maximum Gasteiger partial charge on any atom is 0.303 e. The Kier molecular flexibility index (Phi) is 11.1. The zero-order valence-electron chi connectivity index (χ0n) is 25.5. The molecule has 4 nitrogen and oxygen atoms in total. The number of nitrogens with one attached hydrogen (secondary N) is 2. The minimum atomic E-state index is -0.624. The zero-order chi connectivity index (χ0) is 27.2. The van der Waals surface area contributed by atoms with Crippen molar-refractivity contribution in [2.75, 3.05) is 19.6 Å². The largest absolute Gasteiger partial charge is 0.481 e. The molecular formula is C34H62N2O2. The second-order valence-corrected chi connectivity index (χ2v) is 14.7. The van der Waals surface area contributed by atoms with Crippen LogP contribution in [0.3, 0.4) is 0 Å². The van der Waals surface area contributed by atoms with Crippen molar-refractivity contribution in [2.45, 2.75) is 143 Å². The molecule has 3 unspecified atom stereocenters. The lowest BCUT2D eigenvalue weighted by Crippen LogP contribution is -2.55. The van der Waals surface area contributed by atoms with Crippen LogP contribution in [0.25, 0.3) is 0 Å². The van der Waals surface area contributed by atoms with Gasteiger partial charge in [0.15, 0.2) is 0 Å². The summed E-state index contributed by atoms with van der Waals surface area (Å²) in [5.41, 5.74) is 0.999. The van der Waals surface area contributed by atoms with Crippen LogP contribution in [0.1, 0.15) is 137 Å². The van der Waals surface area contributed by atoms with Gasteiger partial charge in [0.1, 0.15) is 0 Å². The average Bonchev–Trinajstić information content (AvgIpc) is 3.25. The molecule has 0 radical (unpaired) electrons. The van der Waals surface area contributed by atoms with Crippen molar-refractivity contribution >= 4 is 5.97 Å². The van der Waals surface area contributed by atoms with Crippen LogP contribution in [-0.4, -0.2) is 36.8 Å². The van der Waals surface area contributed by atoms with Gasteiger partial charge in [0.2, 0.25) is 0 Å². The van der Waals surface area contributed by atoms with Gasteiger partial charge in [0.05, 0.1) is 0 Å². The molecule has 0 amide bonds. The monoisotopic (exact) mass is 530 g/mol. The van der Waals surface area contributed by atoms with Crippen molar-refractivity contribution in [2.24, 2.45) is 46.3 Å². The van der Waals surface area contributed by atoms with E-state index in [1.807, 2.05) is 0 Å². The molecule has 4 fully saturated rings. The van der Waals surface area contributed by atoms with E-state index in [2.05, 4.69) is 38.3 Å². The quantitative estimate of drug-likeness (QED) is 0.187. The lowest BCUT2D eigenvalue weighted by molar-refractivity contribution is -0.137. The number of carbonyl (C=O) groups is 1. The van der Waals surface area contributed by atoms with Gasteiger partial charge in [-0.1, -0.05) is 53.4 Å². The first-order valence-corrected chi connectivity index (χ1v) is 17.0. The first kappa shape index (κ1) is 30.4. The summed E-state index contributed by atoms with van der Waals surface area (Å²) in [6.45, 7) is 13.5. The highest BCUT2D eigenvalue weighted by atomic mass is 16.4. The van der Waals surface area contributed by atoms with Gasteiger partial charge in [0.25, 0.3) is 0 Å². The highest BCUT2D eigenvalue weighted by Crippen LogP contribution is 2.68. The third-order valence-corrected chi connectivity index (χ3v) is 12.7. The lowest BCUT2D eigenvalue weighted by atomic mass is 9.44. The minimum absolute atomic E-state index is 0.342. The van der Waals surface area contributed by atoms with E-state index in [1.54, 1.807) is 0 Å². The predicted octanol–water partition coefficient (Wildman–Crippen LogP) is 8.05. The average molecular weight is 531 g/mol. The van der Waals surface area contributed by atoms with E-state index in [9.17, 15) is 9.90 Å². The summed E-state index contributed by atoms with van der Waals surface area (Å²) in [4.78, 5) is 11.2. The van der Waals surface area contributed by atoms with Crippen LogP contribution in [0.15, 0.2) is 0 Å². The van der Waals surface area contributed by atoms with Crippen LogP contribution in [-0.2, 0) is 4.79 Å².